The number of hydrogen-bond donors (Lipinski definition) is 3. The minimum Gasteiger partial charge on any atom is -0.492 e. The number of allylic oxidation sites excluding steroid dienone is 1. The first-order valence-electron chi connectivity index (χ1n) is 11.5. The van der Waals surface area contributed by atoms with Crippen molar-refractivity contribution in [3.8, 4) is 5.75 Å². The highest BCUT2D eigenvalue weighted by Gasteiger charge is 2.23. The van der Waals surface area contributed by atoms with E-state index in [4.69, 9.17) is 15.5 Å². The number of nitrogens with zero attached hydrogens (tertiary/aromatic N) is 1. The van der Waals surface area contributed by atoms with E-state index in [0.717, 1.165) is 24.1 Å². The Kier molecular flexibility index (Phi) is 10.0. The van der Waals surface area contributed by atoms with Crippen LogP contribution in [0, 0.1) is 5.92 Å². The van der Waals surface area contributed by atoms with Gasteiger partial charge in [0.2, 0.25) is 0 Å². The molecule has 1 saturated carbocycles. The molecule has 30 heavy (non-hydrogen) atoms. The van der Waals surface area contributed by atoms with Crippen molar-refractivity contribution in [2.75, 3.05) is 20.2 Å². The average molecular weight is 416 g/mol. The van der Waals surface area contributed by atoms with Gasteiger partial charge >= 0.3 is 0 Å². The Balaban J connectivity index is 2.29. The molecule has 5 heteroatoms. The summed E-state index contributed by atoms with van der Waals surface area (Å²) in [5, 5.41) is 13.6. The van der Waals surface area contributed by atoms with E-state index in [1.165, 1.54) is 50.7 Å². The normalized spacial score (nSPS) is 18.3. The third kappa shape index (κ3) is 7.53. The van der Waals surface area contributed by atoms with Crippen LogP contribution in [0.15, 0.2) is 29.4 Å². The Morgan fingerprint density at radius 1 is 1.33 bits per heavy atom. The summed E-state index contributed by atoms with van der Waals surface area (Å²) in [6.07, 6.45) is 11.9. The van der Waals surface area contributed by atoms with Crippen LogP contribution in [0.1, 0.15) is 83.3 Å². The predicted octanol–water partition coefficient (Wildman–Crippen LogP) is 4.98. The molecular weight excluding hydrogens is 374 g/mol. The summed E-state index contributed by atoms with van der Waals surface area (Å²) in [6.45, 7) is 7.19. The third-order valence-electron chi connectivity index (χ3n) is 5.87. The smallest absolute Gasteiger partial charge is 0.137 e. The first-order chi connectivity index (χ1) is 14.4. The fourth-order valence-electron chi connectivity index (χ4n) is 4.06. The van der Waals surface area contributed by atoms with Crippen LogP contribution >= 0.6 is 0 Å². The van der Waals surface area contributed by atoms with E-state index < -0.39 is 5.72 Å². The van der Waals surface area contributed by atoms with E-state index in [-0.39, 0.29) is 0 Å². The van der Waals surface area contributed by atoms with Crippen molar-refractivity contribution in [2.45, 2.75) is 77.9 Å². The molecule has 5 nitrogen and oxygen atoms in total. The Labute approximate surface area is 182 Å². The average Bonchev–Trinajstić information content (AvgIpc) is 2.74. The summed E-state index contributed by atoms with van der Waals surface area (Å²) >= 11 is 0. The van der Waals surface area contributed by atoms with Gasteiger partial charge in [0.1, 0.15) is 18.1 Å². The lowest BCUT2D eigenvalue weighted by Crippen LogP contribution is -2.33. The number of hydrogen-bond acceptors (Lipinski definition) is 5. The molecule has 1 aliphatic rings. The molecule has 168 valence electrons. The molecule has 0 spiro atoms. The number of nitrogens with two attached hydrogens (primary N) is 1. The number of benzene rings is 1. The minimum atomic E-state index is -1.45. The van der Waals surface area contributed by atoms with E-state index in [2.05, 4.69) is 12.2 Å². The van der Waals surface area contributed by atoms with Gasteiger partial charge in [-0.15, -0.1) is 0 Å². The molecule has 1 aromatic rings. The Hall–Kier alpha value is -1.69. The van der Waals surface area contributed by atoms with E-state index in [1.54, 1.807) is 6.92 Å². The van der Waals surface area contributed by atoms with Crippen molar-refractivity contribution in [1.82, 2.24) is 5.32 Å². The van der Waals surface area contributed by atoms with E-state index in [0.29, 0.717) is 23.8 Å². The lowest BCUT2D eigenvalue weighted by Gasteiger charge is -2.24. The highest BCUT2D eigenvalue weighted by molar-refractivity contribution is 5.88. The number of unbranched alkanes of at least 4 members (excludes halogenated alkanes) is 1. The summed E-state index contributed by atoms with van der Waals surface area (Å²) in [7, 11) is 1.89. The number of nitrogens with one attached hydrogen (secondary N) is 1. The molecule has 2 rings (SSSR count). The van der Waals surface area contributed by atoms with Crippen molar-refractivity contribution >= 4 is 11.3 Å². The molecule has 0 amide bonds. The standard InChI is InChI=1S/C25H41N3O2/c1-5-6-12-24(20-10-8-7-9-11-20)28-18-19(2)22-14-13-21(30-16-15-27-4)17-23(22)25(3,26)29/h13-14,17-18,20,27,29H,5-12,15-16,26H2,1-4H3/b19-18+,28-24?. The zero-order valence-corrected chi connectivity index (χ0v) is 19.3. The second-order valence-electron chi connectivity index (χ2n) is 8.68. The number of likely N-dealkylation sites (N-methyl/N-ethyl adjacent to an activating group) is 1. The Bertz CT molecular complexity index is 714. The Morgan fingerprint density at radius 3 is 2.70 bits per heavy atom. The molecule has 0 radical (unpaired) electrons. The molecule has 0 bridgehead atoms. The summed E-state index contributed by atoms with van der Waals surface area (Å²) in [5.41, 5.74) is 8.53. The molecule has 1 fully saturated rings. The zero-order valence-electron chi connectivity index (χ0n) is 19.3. The quantitative estimate of drug-likeness (QED) is 0.270. The predicted molar refractivity (Wildman–Crippen MR) is 127 cm³/mol. The fraction of sp³-hybridized carbons (Fsp3) is 0.640. The van der Waals surface area contributed by atoms with Crippen LogP contribution in [0.2, 0.25) is 0 Å². The third-order valence-corrected chi connectivity index (χ3v) is 5.87. The van der Waals surface area contributed by atoms with E-state index in [1.807, 2.05) is 38.4 Å². The van der Waals surface area contributed by atoms with Gasteiger partial charge in [0, 0.05) is 24.0 Å². The number of ether oxygens (including phenoxy) is 1. The van der Waals surface area contributed by atoms with Gasteiger partial charge in [-0.2, -0.15) is 0 Å². The van der Waals surface area contributed by atoms with E-state index >= 15 is 0 Å². The lowest BCUT2D eigenvalue weighted by molar-refractivity contribution is 0.0641. The van der Waals surface area contributed by atoms with Crippen molar-refractivity contribution in [3.63, 3.8) is 0 Å². The van der Waals surface area contributed by atoms with Crippen LogP contribution in [0.25, 0.3) is 5.57 Å². The molecule has 4 N–H and O–H groups in total. The molecule has 0 saturated heterocycles. The van der Waals surface area contributed by atoms with Crippen molar-refractivity contribution in [3.05, 3.63) is 35.5 Å². The van der Waals surface area contributed by atoms with Gasteiger partial charge in [-0.25, -0.2) is 0 Å². The lowest BCUT2D eigenvalue weighted by atomic mass is 9.84. The Morgan fingerprint density at radius 2 is 2.07 bits per heavy atom. The van der Waals surface area contributed by atoms with Gasteiger partial charge in [-0.05, 0) is 75.8 Å². The van der Waals surface area contributed by atoms with Crippen LogP contribution in [-0.2, 0) is 5.72 Å². The topological polar surface area (TPSA) is 79.9 Å². The molecule has 0 aliphatic heterocycles. The van der Waals surface area contributed by atoms with Gasteiger partial charge < -0.3 is 20.9 Å². The van der Waals surface area contributed by atoms with Crippen LogP contribution in [0.4, 0.5) is 0 Å². The number of aliphatic imine (C=N–C) groups is 1. The highest BCUT2D eigenvalue weighted by Crippen LogP contribution is 2.31. The SMILES string of the molecule is CCCCC(=N/C=C(\C)c1ccc(OCCNC)cc1C(C)(N)O)C1CCCCC1. The highest BCUT2D eigenvalue weighted by atomic mass is 16.5. The first kappa shape index (κ1) is 24.6. The molecule has 1 aliphatic carbocycles. The molecular formula is C25H41N3O2. The van der Waals surface area contributed by atoms with Crippen LogP contribution in [-0.4, -0.2) is 31.0 Å². The molecule has 0 heterocycles. The van der Waals surface area contributed by atoms with Crippen molar-refractivity contribution in [1.29, 1.82) is 0 Å². The maximum atomic E-state index is 10.6. The largest absolute Gasteiger partial charge is 0.492 e. The summed E-state index contributed by atoms with van der Waals surface area (Å²) < 4.78 is 5.76. The molecule has 1 aromatic carbocycles. The van der Waals surface area contributed by atoms with Gasteiger partial charge in [-0.3, -0.25) is 4.99 Å². The second-order valence-corrected chi connectivity index (χ2v) is 8.68. The van der Waals surface area contributed by atoms with Crippen LogP contribution in [0.5, 0.6) is 5.75 Å². The minimum absolute atomic E-state index is 0.559. The van der Waals surface area contributed by atoms with Gasteiger partial charge in [-0.1, -0.05) is 38.7 Å². The maximum Gasteiger partial charge on any atom is 0.137 e. The monoisotopic (exact) mass is 415 g/mol. The summed E-state index contributed by atoms with van der Waals surface area (Å²) in [4.78, 5) is 4.96. The van der Waals surface area contributed by atoms with Crippen molar-refractivity contribution in [2.24, 2.45) is 16.6 Å². The summed E-state index contributed by atoms with van der Waals surface area (Å²) in [5.74, 6) is 1.33. The zero-order chi connectivity index (χ0) is 22.0. The molecule has 1 unspecified atom stereocenters. The van der Waals surface area contributed by atoms with Gasteiger partial charge in [0.25, 0.3) is 0 Å². The van der Waals surface area contributed by atoms with Crippen LogP contribution in [0.3, 0.4) is 0 Å². The fourth-order valence-corrected chi connectivity index (χ4v) is 4.06. The number of rotatable bonds is 11. The number of aliphatic hydroxyl groups is 1. The van der Waals surface area contributed by atoms with Gasteiger partial charge in [0.15, 0.2) is 0 Å². The molecule has 0 aromatic heterocycles. The maximum absolute atomic E-state index is 10.6. The van der Waals surface area contributed by atoms with Crippen molar-refractivity contribution < 1.29 is 9.84 Å². The van der Waals surface area contributed by atoms with Crippen LogP contribution < -0.4 is 15.8 Å². The first-order valence-corrected chi connectivity index (χ1v) is 11.5. The summed E-state index contributed by atoms with van der Waals surface area (Å²) in [6, 6.07) is 5.74. The molecule has 1 atom stereocenters. The van der Waals surface area contributed by atoms with Gasteiger partial charge in [0.05, 0.1) is 0 Å². The van der Waals surface area contributed by atoms with E-state index in [9.17, 15) is 5.11 Å². The second kappa shape index (κ2) is 12.2.